The zero-order chi connectivity index (χ0) is 14.2. The first kappa shape index (κ1) is 18.4. The van der Waals surface area contributed by atoms with Crippen LogP contribution >= 0.6 is 0 Å². The number of nitrogens with two attached hydrogens (primary N) is 1. The molecule has 1 amide bonds. The lowest BCUT2D eigenvalue weighted by Crippen LogP contribution is -2.22. The minimum Gasteiger partial charge on any atom is -0.370 e. The van der Waals surface area contributed by atoms with Crippen LogP contribution in [0.15, 0.2) is 0 Å². The predicted octanol–water partition coefficient (Wildman–Crippen LogP) is 3.76. The van der Waals surface area contributed by atoms with Gasteiger partial charge in [-0.2, -0.15) is 0 Å². The van der Waals surface area contributed by atoms with E-state index in [-0.39, 0.29) is 5.91 Å². The van der Waals surface area contributed by atoms with E-state index in [9.17, 15) is 4.79 Å². The molecule has 0 saturated heterocycles. The summed E-state index contributed by atoms with van der Waals surface area (Å²) in [6.07, 6.45) is 15.6. The van der Waals surface area contributed by atoms with Gasteiger partial charge in [0.05, 0.1) is 0 Å². The van der Waals surface area contributed by atoms with E-state index < -0.39 is 0 Å². The van der Waals surface area contributed by atoms with Gasteiger partial charge >= 0.3 is 0 Å². The van der Waals surface area contributed by atoms with Crippen LogP contribution in [0, 0.1) is 0 Å². The smallest absolute Gasteiger partial charge is 0.218 e. The molecule has 0 bridgehead atoms. The summed E-state index contributed by atoms with van der Waals surface area (Å²) in [7, 11) is 0. The molecular formula is C16H34N2O. The molecule has 0 aliphatic carbocycles. The van der Waals surface area contributed by atoms with Crippen LogP contribution < -0.4 is 11.1 Å². The third-order valence-corrected chi connectivity index (χ3v) is 3.51. The Hall–Kier alpha value is -0.570. The number of hydrogen-bond acceptors (Lipinski definition) is 2. The zero-order valence-corrected chi connectivity index (χ0v) is 12.9. The Kier molecular flexibility index (Phi) is 15.0. The lowest BCUT2D eigenvalue weighted by molar-refractivity contribution is -0.117. The molecule has 0 saturated carbocycles. The van der Waals surface area contributed by atoms with Crippen molar-refractivity contribution in [2.24, 2.45) is 5.73 Å². The second-order valence-electron chi connectivity index (χ2n) is 5.50. The molecule has 3 nitrogen and oxygen atoms in total. The molecule has 0 fully saturated rings. The summed E-state index contributed by atoms with van der Waals surface area (Å²) < 4.78 is 0. The Morgan fingerprint density at radius 1 is 0.789 bits per heavy atom. The van der Waals surface area contributed by atoms with E-state index in [2.05, 4.69) is 12.2 Å². The van der Waals surface area contributed by atoms with Crippen LogP contribution in [-0.2, 0) is 4.79 Å². The first-order chi connectivity index (χ1) is 9.27. The quantitative estimate of drug-likeness (QED) is 0.445. The highest BCUT2D eigenvalue weighted by Crippen LogP contribution is 2.10. The Morgan fingerprint density at radius 3 is 1.74 bits per heavy atom. The van der Waals surface area contributed by atoms with Crippen LogP contribution in [0.4, 0.5) is 0 Å². The highest BCUT2D eigenvalue weighted by molar-refractivity contribution is 5.73. The molecule has 0 aliphatic rings. The SMILES string of the molecule is CCCCCCCCCCCCCNCCC(N)=O. The summed E-state index contributed by atoms with van der Waals surface area (Å²) in [5.74, 6) is -0.216. The lowest BCUT2D eigenvalue weighted by Gasteiger charge is -2.04. The Morgan fingerprint density at radius 2 is 1.26 bits per heavy atom. The first-order valence-corrected chi connectivity index (χ1v) is 8.26. The van der Waals surface area contributed by atoms with Crippen LogP contribution in [0.2, 0.25) is 0 Å². The predicted molar refractivity (Wildman–Crippen MR) is 83.1 cm³/mol. The van der Waals surface area contributed by atoms with Gasteiger partial charge in [0, 0.05) is 13.0 Å². The van der Waals surface area contributed by atoms with Crippen LogP contribution in [0.5, 0.6) is 0 Å². The maximum atomic E-state index is 10.5. The Bertz CT molecular complexity index is 195. The van der Waals surface area contributed by atoms with E-state index in [1.807, 2.05) is 0 Å². The number of hydrogen-bond donors (Lipinski definition) is 2. The van der Waals surface area contributed by atoms with Crippen molar-refractivity contribution in [1.29, 1.82) is 0 Å². The zero-order valence-electron chi connectivity index (χ0n) is 12.9. The number of primary amides is 1. The van der Waals surface area contributed by atoms with E-state index in [4.69, 9.17) is 5.73 Å². The number of nitrogens with one attached hydrogen (secondary N) is 1. The van der Waals surface area contributed by atoms with Crippen molar-refractivity contribution in [3.05, 3.63) is 0 Å². The summed E-state index contributed by atoms with van der Waals surface area (Å²) in [5, 5.41) is 3.25. The van der Waals surface area contributed by atoms with Gasteiger partial charge in [-0.1, -0.05) is 71.1 Å². The molecule has 19 heavy (non-hydrogen) atoms. The van der Waals surface area contributed by atoms with Gasteiger partial charge in [0.1, 0.15) is 0 Å². The molecule has 0 aliphatic heterocycles. The molecule has 114 valence electrons. The van der Waals surface area contributed by atoms with Crippen LogP contribution in [0.1, 0.15) is 84.0 Å². The summed E-state index contributed by atoms with van der Waals surface area (Å²) in [6.45, 7) is 4.01. The van der Waals surface area contributed by atoms with Gasteiger partial charge in [-0.15, -0.1) is 0 Å². The molecule has 0 heterocycles. The normalized spacial score (nSPS) is 10.8. The van der Waals surface area contributed by atoms with Gasteiger partial charge in [-0.3, -0.25) is 4.79 Å². The number of amides is 1. The number of carbonyl (C=O) groups excluding carboxylic acids is 1. The van der Waals surface area contributed by atoms with Gasteiger partial charge < -0.3 is 11.1 Å². The molecular weight excluding hydrogens is 236 g/mol. The highest BCUT2D eigenvalue weighted by Gasteiger charge is 1.94. The Labute approximate surface area is 119 Å². The molecule has 0 radical (unpaired) electrons. The van der Waals surface area contributed by atoms with Crippen molar-refractivity contribution in [3.63, 3.8) is 0 Å². The maximum absolute atomic E-state index is 10.5. The molecule has 0 aromatic heterocycles. The molecule has 0 unspecified atom stereocenters. The van der Waals surface area contributed by atoms with Gasteiger partial charge in [0.25, 0.3) is 0 Å². The van der Waals surface area contributed by atoms with Gasteiger partial charge in [0.2, 0.25) is 5.91 Å². The minimum absolute atomic E-state index is 0.216. The van der Waals surface area contributed by atoms with Crippen molar-refractivity contribution in [2.75, 3.05) is 13.1 Å². The van der Waals surface area contributed by atoms with Crippen LogP contribution in [0.25, 0.3) is 0 Å². The maximum Gasteiger partial charge on any atom is 0.218 e. The second kappa shape index (κ2) is 15.5. The van der Waals surface area contributed by atoms with Crippen molar-refractivity contribution in [1.82, 2.24) is 5.32 Å². The third-order valence-electron chi connectivity index (χ3n) is 3.51. The largest absolute Gasteiger partial charge is 0.370 e. The van der Waals surface area contributed by atoms with E-state index in [0.717, 1.165) is 13.1 Å². The Balaban J connectivity index is 2.93. The molecule has 3 heteroatoms. The van der Waals surface area contributed by atoms with Crippen LogP contribution in [-0.4, -0.2) is 19.0 Å². The average Bonchev–Trinajstić information content (AvgIpc) is 2.39. The average molecular weight is 270 g/mol. The summed E-state index contributed by atoms with van der Waals surface area (Å²) in [6, 6.07) is 0. The summed E-state index contributed by atoms with van der Waals surface area (Å²) in [5.41, 5.74) is 5.06. The summed E-state index contributed by atoms with van der Waals surface area (Å²) in [4.78, 5) is 10.5. The van der Waals surface area contributed by atoms with Gasteiger partial charge in [0.15, 0.2) is 0 Å². The second-order valence-corrected chi connectivity index (χ2v) is 5.50. The molecule has 0 rings (SSSR count). The number of unbranched alkanes of at least 4 members (excludes halogenated alkanes) is 10. The minimum atomic E-state index is -0.216. The van der Waals surface area contributed by atoms with E-state index in [1.54, 1.807) is 0 Å². The van der Waals surface area contributed by atoms with Gasteiger partial charge in [-0.25, -0.2) is 0 Å². The molecule has 0 aromatic rings. The fraction of sp³-hybridized carbons (Fsp3) is 0.938. The van der Waals surface area contributed by atoms with Crippen molar-refractivity contribution < 1.29 is 4.79 Å². The van der Waals surface area contributed by atoms with Gasteiger partial charge in [-0.05, 0) is 13.0 Å². The van der Waals surface area contributed by atoms with E-state index >= 15 is 0 Å². The third kappa shape index (κ3) is 17.4. The monoisotopic (exact) mass is 270 g/mol. The fourth-order valence-corrected chi connectivity index (χ4v) is 2.25. The van der Waals surface area contributed by atoms with E-state index in [0.29, 0.717) is 6.42 Å². The number of carbonyl (C=O) groups is 1. The topological polar surface area (TPSA) is 55.1 Å². The van der Waals surface area contributed by atoms with Crippen LogP contribution in [0.3, 0.4) is 0 Å². The summed E-state index contributed by atoms with van der Waals surface area (Å²) >= 11 is 0. The molecule has 3 N–H and O–H groups in total. The lowest BCUT2D eigenvalue weighted by atomic mass is 10.1. The van der Waals surface area contributed by atoms with Crippen molar-refractivity contribution >= 4 is 5.91 Å². The molecule has 0 atom stereocenters. The van der Waals surface area contributed by atoms with E-state index in [1.165, 1.54) is 70.6 Å². The number of rotatable bonds is 15. The molecule has 0 spiro atoms. The first-order valence-electron chi connectivity index (χ1n) is 8.26. The van der Waals surface area contributed by atoms with Crippen molar-refractivity contribution in [2.45, 2.75) is 84.0 Å². The molecule has 0 aromatic carbocycles. The standard InChI is InChI=1S/C16H34N2O/c1-2-3-4-5-6-7-8-9-10-11-12-14-18-15-13-16(17)19/h18H,2-15H2,1H3,(H2,17,19). The van der Waals surface area contributed by atoms with Crippen molar-refractivity contribution in [3.8, 4) is 0 Å². The highest BCUT2D eigenvalue weighted by atomic mass is 16.1. The fourth-order valence-electron chi connectivity index (χ4n) is 2.25.